The fraction of sp³-hybridized carbons (Fsp3) is 0.286. The van der Waals surface area contributed by atoms with Gasteiger partial charge in [-0.15, -0.1) is 0 Å². The molecule has 0 bridgehead atoms. The largest absolute Gasteiger partial charge is 0.493 e. The monoisotopic (exact) mass is 383 g/mol. The molecule has 0 aliphatic carbocycles. The number of benzene rings is 2. The van der Waals surface area contributed by atoms with E-state index in [2.05, 4.69) is 22.5 Å². The number of carbonyl (C=O) groups excluding carboxylic acids is 1. The molecular weight excluding hydrogens is 358 g/mol. The third kappa shape index (κ3) is 5.48. The summed E-state index contributed by atoms with van der Waals surface area (Å²) in [6.07, 6.45) is 0. The van der Waals surface area contributed by atoms with Gasteiger partial charge in [0.05, 0.1) is 33.6 Å². The van der Waals surface area contributed by atoms with Crippen molar-refractivity contribution in [2.24, 2.45) is 0 Å². The van der Waals surface area contributed by atoms with Gasteiger partial charge in [-0.2, -0.15) is 0 Å². The summed E-state index contributed by atoms with van der Waals surface area (Å²) in [5, 5.41) is 5.41. The minimum Gasteiger partial charge on any atom is -0.493 e. The molecule has 0 aromatic heterocycles. The zero-order valence-electron chi connectivity index (χ0n) is 16.8. The normalized spacial score (nSPS) is 9.61. The highest BCUT2D eigenvalue weighted by atomic mass is 16.5. The van der Waals surface area contributed by atoms with Crippen molar-refractivity contribution >= 4 is 17.4 Å². The van der Waals surface area contributed by atoms with E-state index in [0.29, 0.717) is 22.9 Å². The Balaban J connectivity index is 1.94. The van der Waals surface area contributed by atoms with E-state index in [1.54, 1.807) is 12.1 Å². The van der Waals surface area contributed by atoms with Crippen molar-refractivity contribution in [1.82, 2.24) is 5.32 Å². The molecule has 0 saturated carbocycles. The van der Waals surface area contributed by atoms with Gasteiger partial charge in [-0.3, -0.25) is 0 Å². The molecule has 0 heterocycles. The fourth-order valence-electron chi connectivity index (χ4n) is 2.44. The molecule has 2 aromatic rings. The zero-order valence-corrected chi connectivity index (χ0v) is 16.8. The first kappa shape index (κ1) is 20.8. The minimum atomic E-state index is -0.383. The van der Waals surface area contributed by atoms with E-state index in [1.807, 2.05) is 43.3 Å². The van der Waals surface area contributed by atoms with Crippen LogP contribution in [0.2, 0.25) is 0 Å². The summed E-state index contributed by atoms with van der Waals surface area (Å²) < 4.78 is 15.8. The van der Waals surface area contributed by atoms with Crippen LogP contribution < -0.4 is 29.7 Å². The Kier molecular flexibility index (Phi) is 7.40. The Morgan fingerprint density at radius 2 is 1.61 bits per heavy atom. The Morgan fingerprint density at radius 1 is 1.00 bits per heavy atom. The van der Waals surface area contributed by atoms with Crippen molar-refractivity contribution < 1.29 is 19.0 Å². The van der Waals surface area contributed by atoms with E-state index in [1.165, 1.54) is 21.3 Å². The van der Waals surface area contributed by atoms with Crippen molar-refractivity contribution in [3.05, 3.63) is 42.0 Å². The number of methoxy groups -OCH3 is 3. The van der Waals surface area contributed by atoms with E-state index in [9.17, 15) is 4.79 Å². The van der Waals surface area contributed by atoms with E-state index in [4.69, 9.17) is 14.2 Å². The molecule has 28 heavy (non-hydrogen) atoms. The molecule has 0 spiro atoms. The van der Waals surface area contributed by atoms with Crippen molar-refractivity contribution in [1.29, 1.82) is 0 Å². The lowest BCUT2D eigenvalue weighted by Crippen LogP contribution is -2.28. The van der Waals surface area contributed by atoms with Gasteiger partial charge in [0.2, 0.25) is 5.75 Å². The lowest BCUT2D eigenvalue weighted by Gasteiger charge is -2.14. The molecule has 0 saturated heterocycles. The summed E-state index contributed by atoms with van der Waals surface area (Å²) in [5.74, 6) is 7.31. The van der Waals surface area contributed by atoms with E-state index < -0.39 is 0 Å². The number of carbonyl (C=O) groups is 1. The number of ether oxygens (including phenoxy) is 3. The molecule has 7 heteroatoms. The van der Waals surface area contributed by atoms with Crippen LogP contribution in [0.4, 0.5) is 16.2 Å². The molecular formula is C21H25N3O4. The second-order valence-corrected chi connectivity index (χ2v) is 5.96. The molecule has 7 nitrogen and oxygen atoms in total. The Labute approximate surface area is 165 Å². The van der Waals surface area contributed by atoms with Crippen molar-refractivity contribution in [3.63, 3.8) is 0 Å². The van der Waals surface area contributed by atoms with Crippen LogP contribution in [0, 0.1) is 11.8 Å². The fourth-order valence-corrected chi connectivity index (χ4v) is 2.44. The summed E-state index contributed by atoms with van der Waals surface area (Å²) >= 11 is 0. The van der Waals surface area contributed by atoms with E-state index in [-0.39, 0.29) is 12.6 Å². The number of nitrogens with one attached hydrogen (secondary N) is 2. The van der Waals surface area contributed by atoms with Gasteiger partial charge in [0.1, 0.15) is 0 Å². The second kappa shape index (κ2) is 9.97. The summed E-state index contributed by atoms with van der Waals surface area (Å²) in [6, 6.07) is 10.8. The number of hydrogen-bond acceptors (Lipinski definition) is 5. The topological polar surface area (TPSA) is 72.1 Å². The minimum absolute atomic E-state index is 0.214. The molecule has 0 atom stereocenters. The van der Waals surface area contributed by atoms with Gasteiger partial charge in [0.25, 0.3) is 0 Å². The van der Waals surface area contributed by atoms with E-state index in [0.717, 1.165) is 11.3 Å². The van der Waals surface area contributed by atoms with Gasteiger partial charge in [0.15, 0.2) is 11.5 Å². The van der Waals surface area contributed by atoms with Gasteiger partial charge >= 0.3 is 6.03 Å². The van der Waals surface area contributed by atoms with Crippen LogP contribution in [0.3, 0.4) is 0 Å². The predicted molar refractivity (Wildman–Crippen MR) is 111 cm³/mol. The molecule has 0 radical (unpaired) electrons. The highest BCUT2D eigenvalue weighted by Crippen LogP contribution is 2.39. The summed E-state index contributed by atoms with van der Waals surface area (Å²) in [4.78, 5) is 14.1. The number of amides is 2. The third-order valence-electron chi connectivity index (χ3n) is 3.88. The Morgan fingerprint density at radius 3 is 2.11 bits per heavy atom. The number of hydrogen-bond donors (Lipinski definition) is 2. The quantitative estimate of drug-likeness (QED) is 0.751. The maximum atomic E-state index is 12.1. The van der Waals surface area contributed by atoms with Crippen LogP contribution >= 0.6 is 0 Å². The van der Waals surface area contributed by atoms with Crippen LogP contribution in [0.25, 0.3) is 0 Å². The summed E-state index contributed by atoms with van der Waals surface area (Å²) in [5.41, 5.74) is 2.50. The zero-order chi connectivity index (χ0) is 20.5. The smallest absolute Gasteiger partial charge is 0.319 e. The highest BCUT2D eigenvalue weighted by molar-refractivity contribution is 5.90. The van der Waals surface area contributed by atoms with Crippen LogP contribution in [0.15, 0.2) is 36.4 Å². The molecule has 0 fully saturated rings. The van der Waals surface area contributed by atoms with Gasteiger partial charge in [0, 0.05) is 37.5 Å². The van der Waals surface area contributed by atoms with Crippen LogP contribution in [-0.4, -0.2) is 48.0 Å². The average molecular weight is 383 g/mol. The van der Waals surface area contributed by atoms with Crippen molar-refractivity contribution in [2.75, 3.05) is 52.2 Å². The van der Waals surface area contributed by atoms with Crippen LogP contribution in [0.5, 0.6) is 17.2 Å². The van der Waals surface area contributed by atoms with Crippen LogP contribution in [0.1, 0.15) is 5.56 Å². The number of rotatable bonds is 6. The van der Waals surface area contributed by atoms with E-state index >= 15 is 0 Å². The molecule has 0 aliphatic rings. The molecule has 2 aromatic carbocycles. The Hall–Kier alpha value is -3.53. The summed E-state index contributed by atoms with van der Waals surface area (Å²) in [7, 11) is 8.52. The maximum absolute atomic E-state index is 12.1. The maximum Gasteiger partial charge on any atom is 0.319 e. The predicted octanol–water partition coefficient (Wildman–Crippen LogP) is 2.95. The third-order valence-corrected chi connectivity index (χ3v) is 3.88. The molecule has 2 amide bonds. The first-order valence-corrected chi connectivity index (χ1v) is 8.59. The Bertz CT molecular complexity index is 842. The first-order chi connectivity index (χ1) is 13.5. The second-order valence-electron chi connectivity index (χ2n) is 5.96. The van der Waals surface area contributed by atoms with Crippen molar-refractivity contribution in [2.45, 2.75) is 0 Å². The van der Waals surface area contributed by atoms with Gasteiger partial charge in [-0.1, -0.05) is 11.8 Å². The average Bonchev–Trinajstić information content (AvgIpc) is 2.70. The van der Waals surface area contributed by atoms with Gasteiger partial charge in [-0.05, 0) is 24.3 Å². The number of nitrogens with zero attached hydrogens (tertiary/aromatic N) is 1. The summed E-state index contributed by atoms with van der Waals surface area (Å²) in [6.45, 7) is 0.214. The molecule has 2 N–H and O–H groups in total. The number of urea groups is 1. The molecule has 148 valence electrons. The van der Waals surface area contributed by atoms with Crippen molar-refractivity contribution in [3.8, 4) is 29.1 Å². The molecule has 0 aliphatic heterocycles. The van der Waals surface area contributed by atoms with Gasteiger partial charge in [-0.25, -0.2) is 4.79 Å². The molecule has 0 unspecified atom stereocenters. The molecule has 2 rings (SSSR count). The standard InChI is InChI=1S/C21H25N3O4/c1-24(2)17-10-8-15(9-11-17)7-6-12-22-21(25)23-16-13-18(26-3)20(28-5)19(14-16)27-4/h8-11,13-14H,12H2,1-5H3,(H2,22,23,25). The SMILES string of the molecule is COc1cc(NC(=O)NCC#Cc2ccc(N(C)C)cc2)cc(OC)c1OC. The van der Waals surface area contributed by atoms with Crippen LogP contribution in [-0.2, 0) is 0 Å². The number of anilines is 2. The lowest BCUT2D eigenvalue weighted by molar-refractivity contribution is 0.253. The highest BCUT2D eigenvalue weighted by Gasteiger charge is 2.14. The van der Waals surface area contributed by atoms with Gasteiger partial charge < -0.3 is 29.7 Å². The lowest BCUT2D eigenvalue weighted by atomic mass is 10.2. The first-order valence-electron chi connectivity index (χ1n) is 8.59.